The van der Waals surface area contributed by atoms with Crippen molar-refractivity contribution in [2.75, 3.05) is 0 Å². The average molecular weight is 216 g/mol. The smallest absolute Gasteiger partial charge is 0.325 e. The van der Waals surface area contributed by atoms with Gasteiger partial charge in [0.05, 0.1) is 0 Å². The van der Waals surface area contributed by atoms with E-state index in [-0.39, 0.29) is 6.42 Å². The van der Waals surface area contributed by atoms with Crippen LogP contribution in [-0.4, -0.2) is 33.2 Å². The Kier molecular flexibility index (Phi) is 3.01. The number of nitrogens with one attached hydrogen (secondary N) is 2. The van der Waals surface area contributed by atoms with E-state index < -0.39 is 23.0 Å². The number of hydrogen-bond donors (Lipinski definition) is 4. The Balaban J connectivity index is 2.97. The van der Waals surface area contributed by atoms with E-state index in [9.17, 15) is 9.59 Å². The van der Waals surface area contributed by atoms with Crippen LogP contribution in [0.1, 0.15) is 33.1 Å². The molecule has 0 spiro atoms. The standard InChI is InChI=1S/C9H16N2O4/c1-3-8(6(12)13)5-9(4-2,7(14)15)11-10-8/h10-11H,3-5H2,1-2H3,(H,12,13)(H,14,15). The zero-order valence-corrected chi connectivity index (χ0v) is 8.83. The molecule has 1 rings (SSSR count). The van der Waals surface area contributed by atoms with Gasteiger partial charge in [-0.05, 0) is 12.8 Å². The summed E-state index contributed by atoms with van der Waals surface area (Å²) in [6.07, 6.45) is 0.729. The van der Waals surface area contributed by atoms with Crippen LogP contribution < -0.4 is 10.9 Å². The molecule has 1 heterocycles. The van der Waals surface area contributed by atoms with Gasteiger partial charge in [-0.2, -0.15) is 0 Å². The predicted octanol–water partition coefficient (Wildman–Crippen LogP) is -0.0489. The molecule has 0 radical (unpaired) electrons. The Bertz CT molecular complexity index is 266. The molecule has 6 nitrogen and oxygen atoms in total. The normalized spacial score (nSPS) is 35.3. The molecule has 6 heteroatoms. The highest BCUT2D eigenvalue weighted by Gasteiger charge is 2.54. The SMILES string of the molecule is CCC1(C(=O)O)CC(CC)(C(=O)O)NN1. The van der Waals surface area contributed by atoms with Crippen molar-refractivity contribution < 1.29 is 19.8 Å². The van der Waals surface area contributed by atoms with Gasteiger partial charge in [-0.3, -0.25) is 9.59 Å². The summed E-state index contributed by atoms with van der Waals surface area (Å²) in [4.78, 5) is 22.2. The number of hydrogen-bond acceptors (Lipinski definition) is 4. The second-order valence-corrected chi connectivity index (χ2v) is 3.91. The Morgan fingerprint density at radius 3 is 1.53 bits per heavy atom. The summed E-state index contributed by atoms with van der Waals surface area (Å²) in [7, 11) is 0. The fraction of sp³-hybridized carbons (Fsp3) is 0.778. The lowest BCUT2D eigenvalue weighted by Gasteiger charge is -2.24. The van der Waals surface area contributed by atoms with Crippen LogP contribution in [0, 0.1) is 0 Å². The van der Waals surface area contributed by atoms with Gasteiger partial charge >= 0.3 is 11.9 Å². The monoisotopic (exact) mass is 216 g/mol. The maximum Gasteiger partial charge on any atom is 0.325 e. The summed E-state index contributed by atoms with van der Waals surface area (Å²) in [5.41, 5.74) is 2.88. The number of aliphatic carboxylic acids is 2. The van der Waals surface area contributed by atoms with Gasteiger partial charge in [-0.25, -0.2) is 10.9 Å². The predicted molar refractivity (Wildman–Crippen MR) is 52.2 cm³/mol. The molecule has 0 saturated carbocycles. The first-order chi connectivity index (χ1) is 6.92. The maximum atomic E-state index is 11.1. The third kappa shape index (κ3) is 1.70. The highest BCUT2D eigenvalue weighted by Crippen LogP contribution is 2.31. The van der Waals surface area contributed by atoms with E-state index in [1.165, 1.54) is 0 Å². The van der Waals surface area contributed by atoms with E-state index >= 15 is 0 Å². The van der Waals surface area contributed by atoms with Gasteiger partial charge < -0.3 is 10.2 Å². The summed E-state index contributed by atoms with van der Waals surface area (Å²) in [5, 5.41) is 18.2. The molecule has 0 aromatic carbocycles. The van der Waals surface area contributed by atoms with Crippen molar-refractivity contribution in [1.29, 1.82) is 0 Å². The molecule has 0 aromatic rings. The maximum absolute atomic E-state index is 11.1. The third-order valence-electron chi connectivity index (χ3n) is 3.17. The zero-order valence-electron chi connectivity index (χ0n) is 8.83. The van der Waals surface area contributed by atoms with Crippen LogP contribution in [-0.2, 0) is 9.59 Å². The second kappa shape index (κ2) is 3.79. The largest absolute Gasteiger partial charge is 0.480 e. The first-order valence-corrected chi connectivity index (χ1v) is 4.93. The van der Waals surface area contributed by atoms with Gasteiger partial charge in [0, 0.05) is 6.42 Å². The van der Waals surface area contributed by atoms with Crippen LogP contribution in [0.25, 0.3) is 0 Å². The van der Waals surface area contributed by atoms with Gasteiger partial charge in [0.15, 0.2) is 0 Å². The average Bonchev–Trinajstić information content (AvgIpc) is 2.59. The zero-order chi connectivity index (χ0) is 11.7. The highest BCUT2D eigenvalue weighted by molar-refractivity contribution is 5.85. The van der Waals surface area contributed by atoms with E-state index in [0.717, 1.165) is 0 Å². The Morgan fingerprint density at radius 1 is 1.07 bits per heavy atom. The van der Waals surface area contributed by atoms with Crippen LogP contribution in [0.5, 0.6) is 0 Å². The first kappa shape index (κ1) is 11.9. The lowest BCUT2D eigenvalue weighted by Crippen LogP contribution is -2.52. The van der Waals surface area contributed by atoms with Crippen LogP contribution in [0.3, 0.4) is 0 Å². The lowest BCUT2D eigenvalue weighted by molar-refractivity contribution is -0.146. The number of carboxylic acids is 2. The van der Waals surface area contributed by atoms with Crippen LogP contribution in [0.2, 0.25) is 0 Å². The van der Waals surface area contributed by atoms with E-state index in [0.29, 0.717) is 12.8 Å². The van der Waals surface area contributed by atoms with E-state index in [2.05, 4.69) is 10.9 Å². The molecule has 4 N–H and O–H groups in total. The molecular weight excluding hydrogens is 200 g/mol. The second-order valence-electron chi connectivity index (χ2n) is 3.91. The van der Waals surface area contributed by atoms with Crippen molar-refractivity contribution in [1.82, 2.24) is 10.9 Å². The summed E-state index contributed by atoms with van der Waals surface area (Å²) >= 11 is 0. The molecule has 0 bridgehead atoms. The Labute approximate surface area is 87.6 Å². The van der Waals surface area contributed by atoms with Crippen LogP contribution >= 0.6 is 0 Å². The topological polar surface area (TPSA) is 98.7 Å². The van der Waals surface area contributed by atoms with E-state index in [1.807, 2.05) is 0 Å². The lowest BCUT2D eigenvalue weighted by atomic mass is 9.82. The van der Waals surface area contributed by atoms with Gasteiger partial charge in [0.25, 0.3) is 0 Å². The summed E-state index contributed by atoms with van der Waals surface area (Å²) < 4.78 is 0. The molecular formula is C9H16N2O4. The quantitative estimate of drug-likeness (QED) is 0.526. The minimum atomic E-state index is -1.17. The number of carboxylic acid groups (broad SMARTS) is 2. The molecule has 1 fully saturated rings. The van der Waals surface area contributed by atoms with Crippen molar-refractivity contribution in [3.05, 3.63) is 0 Å². The van der Waals surface area contributed by atoms with Gasteiger partial charge in [0.1, 0.15) is 11.1 Å². The number of rotatable bonds is 4. The van der Waals surface area contributed by atoms with E-state index in [1.54, 1.807) is 13.8 Å². The molecule has 1 saturated heterocycles. The summed E-state index contributed by atoms with van der Waals surface area (Å²) in [6.45, 7) is 3.44. The van der Waals surface area contributed by atoms with Gasteiger partial charge in [-0.1, -0.05) is 13.8 Å². The van der Waals surface area contributed by atoms with E-state index in [4.69, 9.17) is 10.2 Å². The fourth-order valence-corrected chi connectivity index (χ4v) is 1.83. The van der Waals surface area contributed by atoms with Crippen molar-refractivity contribution in [3.8, 4) is 0 Å². The highest BCUT2D eigenvalue weighted by atomic mass is 16.4. The fourth-order valence-electron chi connectivity index (χ4n) is 1.83. The van der Waals surface area contributed by atoms with Crippen molar-refractivity contribution >= 4 is 11.9 Å². The first-order valence-electron chi connectivity index (χ1n) is 4.93. The molecule has 86 valence electrons. The molecule has 1 aliphatic heterocycles. The summed E-state index contributed by atoms with van der Waals surface area (Å²) in [6, 6.07) is 0. The summed E-state index contributed by atoms with van der Waals surface area (Å²) in [5.74, 6) is -2.04. The van der Waals surface area contributed by atoms with Crippen molar-refractivity contribution in [2.45, 2.75) is 44.2 Å². The van der Waals surface area contributed by atoms with Crippen LogP contribution in [0.15, 0.2) is 0 Å². The van der Waals surface area contributed by atoms with Gasteiger partial charge in [-0.15, -0.1) is 0 Å². The number of hydrazine groups is 1. The minimum absolute atomic E-state index is 0.0532. The molecule has 1 aliphatic rings. The molecule has 15 heavy (non-hydrogen) atoms. The minimum Gasteiger partial charge on any atom is -0.480 e. The molecule has 0 aromatic heterocycles. The Morgan fingerprint density at radius 2 is 1.40 bits per heavy atom. The van der Waals surface area contributed by atoms with Crippen LogP contribution in [0.4, 0.5) is 0 Å². The number of carbonyl (C=O) groups is 2. The van der Waals surface area contributed by atoms with Crippen molar-refractivity contribution in [2.24, 2.45) is 0 Å². The Hall–Kier alpha value is -1.14. The molecule has 0 amide bonds. The molecule has 0 aliphatic carbocycles. The van der Waals surface area contributed by atoms with Gasteiger partial charge in [0.2, 0.25) is 0 Å². The molecule has 2 atom stereocenters. The molecule has 2 unspecified atom stereocenters. The van der Waals surface area contributed by atoms with Crippen molar-refractivity contribution in [3.63, 3.8) is 0 Å². The third-order valence-corrected chi connectivity index (χ3v) is 3.17.